The maximum absolute atomic E-state index is 16.8. The first-order valence-electron chi connectivity index (χ1n) is 16.3. The van der Waals surface area contributed by atoms with E-state index in [2.05, 4.69) is 41.4 Å². The van der Waals surface area contributed by atoms with E-state index in [9.17, 15) is 14.4 Å². The highest BCUT2D eigenvalue weighted by atomic mass is 35.5. The zero-order valence-corrected chi connectivity index (χ0v) is 28.3. The number of allylic oxidation sites excluding steroid dienone is 1. The Morgan fingerprint density at radius 3 is 2.55 bits per heavy atom. The van der Waals surface area contributed by atoms with Gasteiger partial charge in [0.2, 0.25) is 11.8 Å². The quantitative estimate of drug-likeness (QED) is 0.296. The zero-order valence-electron chi connectivity index (χ0n) is 26.8. The number of hydrogen-bond donors (Lipinski definition) is 3. The van der Waals surface area contributed by atoms with Crippen LogP contribution in [-0.4, -0.2) is 85.5 Å². The number of morpholine rings is 1. The standard InChI is InChI=1S/C34H42Cl2FN5O5/c1-20(35)38-13-8-24(37)27-28(29(43)39-22-5-7-26(47-19-22)30(44)42-14-16-46-17-15-42)41-33(11-9-32(2,3)10-12-33)34(27)23-6-4-21(36)18-25(23)40-31(34)45/h4,6,8,13,18,22,26-28,41H,1,5,7,9-12,14-17,19H2,2-3H3,(H,39,43)(H,40,45)/b24-8-,38-13?/t22-,26+,27+,28-,34-/m1/s1. The first-order valence-corrected chi connectivity index (χ1v) is 17.0. The van der Waals surface area contributed by atoms with E-state index in [-0.39, 0.29) is 29.0 Å². The van der Waals surface area contributed by atoms with Crippen molar-refractivity contribution in [3.8, 4) is 0 Å². The first-order chi connectivity index (χ1) is 22.4. The Kier molecular flexibility index (Phi) is 9.59. The third-order valence-corrected chi connectivity index (χ3v) is 11.0. The lowest BCUT2D eigenvalue weighted by atomic mass is 9.54. The van der Waals surface area contributed by atoms with Gasteiger partial charge >= 0.3 is 0 Å². The SMILES string of the molecule is C=C(Cl)N=C/C=C(\F)[C@H]1[C@H](C(=O)N[C@@H]2CC[C@@H](C(=O)N3CCOCC3)OC2)NC2(CCC(C)(C)CC2)[C@@]12C(=O)Nc1cc(Cl)ccc12. The molecular weight excluding hydrogens is 648 g/mol. The molecule has 5 aliphatic rings. The number of carbonyl (C=O) groups excluding carboxylic acids is 3. The van der Waals surface area contributed by atoms with Gasteiger partial charge in [-0.1, -0.05) is 49.7 Å². The molecule has 0 aromatic heterocycles. The summed E-state index contributed by atoms with van der Waals surface area (Å²) in [4.78, 5) is 47.4. The third kappa shape index (κ3) is 6.25. The van der Waals surface area contributed by atoms with Crippen LogP contribution in [0, 0.1) is 11.3 Å². The van der Waals surface area contributed by atoms with Crippen molar-refractivity contribution < 1.29 is 28.2 Å². The fraction of sp³-hybridized carbons (Fsp3) is 0.588. The molecule has 13 heteroatoms. The summed E-state index contributed by atoms with van der Waals surface area (Å²) in [6.07, 6.45) is 5.35. The summed E-state index contributed by atoms with van der Waals surface area (Å²) in [7, 11) is 0. The summed E-state index contributed by atoms with van der Waals surface area (Å²) in [5.74, 6) is -2.80. The molecule has 4 heterocycles. The zero-order chi connectivity index (χ0) is 33.6. The molecule has 2 spiro atoms. The Morgan fingerprint density at radius 2 is 1.89 bits per heavy atom. The van der Waals surface area contributed by atoms with Crippen LogP contribution in [0.1, 0.15) is 57.9 Å². The highest BCUT2D eigenvalue weighted by Crippen LogP contribution is 2.62. The van der Waals surface area contributed by atoms with Crippen LogP contribution >= 0.6 is 23.2 Å². The largest absolute Gasteiger partial charge is 0.378 e. The Labute approximate surface area is 284 Å². The molecule has 0 radical (unpaired) electrons. The lowest BCUT2D eigenvalue weighted by molar-refractivity contribution is -0.151. The summed E-state index contributed by atoms with van der Waals surface area (Å²) in [5.41, 5.74) is -1.27. The molecule has 3 N–H and O–H groups in total. The molecule has 3 amide bonds. The summed E-state index contributed by atoms with van der Waals surface area (Å²) in [5, 5.41) is 10.0. The molecule has 4 aliphatic heterocycles. The number of rotatable bonds is 6. The van der Waals surface area contributed by atoms with Crippen molar-refractivity contribution in [2.75, 3.05) is 38.2 Å². The van der Waals surface area contributed by atoms with Gasteiger partial charge < -0.3 is 25.0 Å². The molecule has 0 unspecified atom stereocenters. The number of hydrogen-bond acceptors (Lipinski definition) is 7. The van der Waals surface area contributed by atoms with Gasteiger partial charge in [0.1, 0.15) is 22.5 Å². The first kappa shape index (κ1) is 34.0. The van der Waals surface area contributed by atoms with Crippen LogP contribution in [-0.2, 0) is 29.3 Å². The smallest absolute Gasteiger partial charge is 0.251 e. The summed E-state index contributed by atoms with van der Waals surface area (Å²) in [6.45, 7) is 10.1. The van der Waals surface area contributed by atoms with E-state index in [0.717, 1.165) is 18.9 Å². The Balaban J connectivity index is 1.33. The molecule has 1 aromatic rings. The van der Waals surface area contributed by atoms with Crippen molar-refractivity contribution in [2.45, 2.75) is 81.5 Å². The molecule has 47 heavy (non-hydrogen) atoms. The Hall–Kier alpha value is -2.83. The molecule has 1 saturated carbocycles. The van der Waals surface area contributed by atoms with Crippen molar-refractivity contribution in [2.24, 2.45) is 16.3 Å². The van der Waals surface area contributed by atoms with Crippen LogP contribution in [0.4, 0.5) is 10.1 Å². The second kappa shape index (κ2) is 13.2. The lowest BCUT2D eigenvalue weighted by Crippen LogP contribution is -2.62. The number of benzene rings is 1. The highest BCUT2D eigenvalue weighted by molar-refractivity contribution is 6.31. The van der Waals surface area contributed by atoms with Crippen molar-refractivity contribution in [1.29, 1.82) is 0 Å². The summed E-state index contributed by atoms with van der Waals surface area (Å²) >= 11 is 12.2. The second-order valence-corrected chi connectivity index (χ2v) is 14.9. The normalized spacial score (nSPS) is 31.6. The molecule has 1 aromatic carbocycles. The number of fused-ring (bicyclic) bond motifs is 3. The number of amides is 3. The van der Waals surface area contributed by atoms with Crippen molar-refractivity contribution in [1.82, 2.24) is 15.5 Å². The Bertz CT molecular complexity index is 1490. The fourth-order valence-corrected chi connectivity index (χ4v) is 8.47. The van der Waals surface area contributed by atoms with Crippen LogP contribution in [0.25, 0.3) is 0 Å². The van der Waals surface area contributed by atoms with Gasteiger partial charge in [-0.05, 0) is 67.7 Å². The van der Waals surface area contributed by atoms with Gasteiger partial charge in [0.05, 0.1) is 37.8 Å². The summed E-state index contributed by atoms with van der Waals surface area (Å²) in [6, 6.07) is 3.63. The van der Waals surface area contributed by atoms with Gasteiger partial charge in [-0.15, -0.1) is 0 Å². The topological polar surface area (TPSA) is 121 Å². The number of aliphatic imine (C=N–C) groups is 1. The Morgan fingerprint density at radius 1 is 1.17 bits per heavy atom. The van der Waals surface area contributed by atoms with E-state index in [1.807, 2.05) is 0 Å². The van der Waals surface area contributed by atoms with E-state index in [1.165, 1.54) is 6.21 Å². The second-order valence-electron chi connectivity index (χ2n) is 14.0. The van der Waals surface area contributed by atoms with Gasteiger partial charge in [0.15, 0.2) is 0 Å². The molecule has 5 atom stereocenters. The minimum atomic E-state index is -1.46. The van der Waals surface area contributed by atoms with Crippen molar-refractivity contribution in [3.63, 3.8) is 0 Å². The van der Waals surface area contributed by atoms with Crippen LogP contribution in [0.2, 0.25) is 5.02 Å². The fourth-order valence-electron chi connectivity index (χ4n) is 8.24. The highest BCUT2D eigenvalue weighted by Gasteiger charge is 2.73. The third-order valence-electron chi connectivity index (χ3n) is 10.7. The number of anilines is 1. The average Bonchev–Trinajstić information content (AvgIpc) is 3.50. The van der Waals surface area contributed by atoms with Crippen LogP contribution in [0.15, 0.2) is 46.8 Å². The minimum absolute atomic E-state index is 0.0122. The number of nitrogens with zero attached hydrogens (tertiary/aromatic N) is 2. The van der Waals surface area contributed by atoms with Gasteiger partial charge in [-0.25, -0.2) is 9.38 Å². The van der Waals surface area contributed by atoms with E-state index < -0.39 is 46.8 Å². The van der Waals surface area contributed by atoms with Crippen LogP contribution in [0.3, 0.4) is 0 Å². The predicted octanol–water partition coefficient (Wildman–Crippen LogP) is 4.61. The maximum atomic E-state index is 16.8. The average molecular weight is 691 g/mol. The molecule has 6 rings (SSSR count). The number of carbonyl (C=O) groups is 3. The van der Waals surface area contributed by atoms with Crippen LogP contribution < -0.4 is 16.0 Å². The number of halogens is 3. The van der Waals surface area contributed by atoms with Gasteiger partial charge in [0.25, 0.3) is 5.91 Å². The number of ether oxygens (including phenoxy) is 2. The van der Waals surface area contributed by atoms with E-state index >= 15 is 4.39 Å². The molecule has 3 saturated heterocycles. The van der Waals surface area contributed by atoms with Crippen LogP contribution in [0.5, 0.6) is 0 Å². The van der Waals surface area contributed by atoms with E-state index in [1.54, 1.807) is 23.1 Å². The number of nitrogens with one attached hydrogen (secondary N) is 3. The van der Waals surface area contributed by atoms with E-state index in [4.69, 9.17) is 32.7 Å². The molecule has 10 nitrogen and oxygen atoms in total. The van der Waals surface area contributed by atoms with Crippen molar-refractivity contribution >= 4 is 52.8 Å². The monoisotopic (exact) mass is 689 g/mol. The molecule has 4 fully saturated rings. The van der Waals surface area contributed by atoms with Gasteiger partial charge in [-0.2, -0.15) is 0 Å². The van der Waals surface area contributed by atoms with Gasteiger partial charge in [0, 0.05) is 35.6 Å². The predicted molar refractivity (Wildman–Crippen MR) is 178 cm³/mol. The van der Waals surface area contributed by atoms with E-state index in [0.29, 0.717) is 68.3 Å². The molecule has 254 valence electrons. The molecule has 1 aliphatic carbocycles. The van der Waals surface area contributed by atoms with Crippen molar-refractivity contribution in [3.05, 3.63) is 52.4 Å². The maximum Gasteiger partial charge on any atom is 0.251 e. The van der Waals surface area contributed by atoms with Gasteiger partial charge in [-0.3, -0.25) is 19.7 Å². The molecular formula is C34H42Cl2FN5O5. The lowest BCUT2D eigenvalue weighted by Gasteiger charge is -2.50. The summed E-state index contributed by atoms with van der Waals surface area (Å²) < 4.78 is 28.1. The minimum Gasteiger partial charge on any atom is -0.378 e. The molecule has 0 bridgehead atoms.